The van der Waals surface area contributed by atoms with Crippen molar-refractivity contribution in [2.75, 3.05) is 27.7 Å². The van der Waals surface area contributed by atoms with E-state index in [1.54, 1.807) is 7.05 Å². The normalized spacial score (nSPS) is 18.0. The van der Waals surface area contributed by atoms with Crippen LogP contribution in [-0.4, -0.2) is 53.5 Å². The summed E-state index contributed by atoms with van der Waals surface area (Å²) in [5.74, 6) is 0.237. The van der Waals surface area contributed by atoms with Crippen molar-refractivity contribution >= 4 is 5.91 Å². The Morgan fingerprint density at radius 1 is 1.36 bits per heavy atom. The summed E-state index contributed by atoms with van der Waals surface area (Å²) in [7, 11) is 5.70. The molecule has 1 aromatic carbocycles. The van der Waals surface area contributed by atoms with Gasteiger partial charge in [-0.3, -0.25) is 9.69 Å². The number of carbonyl (C=O) groups is 1. The second kappa shape index (κ2) is 7.76. The molecule has 1 N–H and O–H groups in total. The van der Waals surface area contributed by atoms with E-state index >= 15 is 0 Å². The highest BCUT2D eigenvalue weighted by molar-refractivity contribution is 5.89. The lowest BCUT2D eigenvalue weighted by Gasteiger charge is -2.23. The molecule has 25 heavy (non-hydrogen) atoms. The zero-order valence-electron chi connectivity index (χ0n) is 15.0. The summed E-state index contributed by atoms with van der Waals surface area (Å²) in [5.41, 5.74) is 2.62. The summed E-state index contributed by atoms with van der Waals surface area (Å²) in [4.78, 5) is 20.2. The molecular formula is C18H25N5O2. The second-order valence-electron chi connectivity index (χ2n) is 6.70. The fraction of sp³-hybridized carbons (Fsp3) is 0.500. The number of nitrogens with zero attached hydrogens (tertiary/aromatic N) is 4. The lowest BCUT2D eigenvalue weighted by molar-refractivity contribution is 0.0950. The summed E-state index contributed by atoms with van der Waals surface area (Å²) in [6.45, 7) is 2.49. The van der Waals surface area contributed by atoms with Gasteiger partial charge in [0.2, 0.25) is 5.89 Å². The monoisotopic (exact) mass is 343 g/mol. The van der Waals surface area contributed by atoms with Gasteiger partial charge in [0.25, 0.3) is 11.7 Å². The molecule has 7 heteroatoms. The quantitative estimate of drug-likeness (QED) is 0.862. The van der Waals surface area contributed by atoms with Crippen molar-refractivity contribution < 1.29 is 9.32 Å². The summed E-state index contributed by atoms with van der Waals surface area (Å²) in [6.07, 6.45) is 2.25. The van der Waals surface area contributed by atoms with Gasteiger partial charge in [-0.15, -0.1) is 0 Å². The van der Waals surface area contributed by atoms with Crippen molar-refractivity contribution in [2.45, 2.75) is 32.0 Å². The van der Waals surface area contributed by atoms with E-state index in [0.717, 1.165) is 25.9 Å². The van der Waals surface area contributed by atoms with Gasteiger partial charge in [-0.2, -0.15) is 4.98 Å². The lowest BCUT2D eigenvalue weighted by Crippen LogP contribution is -2.23. The summed E-state index contributed by atoms with van der Waals surface area (Å²) in [6, 6.07) is 9.17. The van der Waals surface area contributed by atoms with Gasteiger partial charge >= 0.3 is 0 Å². The molecule has 1 aliphatic heterocycles. The van der Waals surface area contributed by atoms with Gasteiger partial charge in [-0.1, -0.05) is 29.4 Å². The molecule has 1 aromatic heterocycles. The van der Waals surface area contributed by atoms with Gasteiger partial charge in [0.15, 0.2) is 0 Å². The van der Waals surface area contributed by atoms with Crippen molar-refractivity contribution in [3.63, 3.8) is 0 Å². The topological polar surface area (TPSA) is 74.5 Å². The van der Waals surface area contributed by atoms with E-state index in [2.05, 4.69) is 63.6 Å². The van der Waals surface area contributed by atoms with Crippen LogP contribution in [0.4, 0.5) is 0 Å². The van der Waals surface area contributed by atoms with E-state index in [1.807, 2.05) is 0 Å². The third-order valence-corrected chi connectivity index (χ3v) is 4.46. The number of hydrogen-bond donors (Lipinski definition) is 1. The molecule has 0 aliphatic carbocycles. The van der Waals surface area contributed by atoms with Crippen LogP contribution < -0.4 is 5.32 Å². The molecule has 134 valence electrons. The smallest absolute Gasteiger partial charge is 0.292 e. The molecule has 0 radical (unpaired) electrons. The van der Waals surface area contributed by atoms with E-state index in [0.29, 0.717) is 18.5 Å². The zero-order valence-corrected chi connectivity index (χ0v) is 15.0. The van der Waals surface area contributed by atoms with Gasteiger partial charge in [0.1, 0.15) is 0 Å². The number of likely N-dealkylation sites (tertiary alicyclic amines) is 1. The summed E-state index contributed by atoms with van der Waals surface area (Å²) >= 11 is 0. The number of hydrogen-bond acceptors (Lipinski definition) is 6. The van der Waals surface area contributed by atoms with Crippen molar-refractivity contribution in [1.82, 2.24) is 25.3 Å². The molecule has 1 amide bonds. The van der Waals surface area contributed by atoms with Gasteiger partial charge in [-0.05, 0) is 44.6 Å². The number of rotatable bonds is 6. The highest BCUT2D eigenvalue weighted by atomic mass is 16.5. The zero-order chi connectivity index (χ0) is 17.8. The number of aromatic nitrogens is 2. The predicted molar refractivity (Wildman–Crippen MR) is 93.9 cm³/mol. The van der Waals surface area contributed by atoms with Crippen LogP contribution in [0, 0.1) is 0 Å². The third kappa shape index (κ3) is 4.24. The number of nitrogens with one attached hydrogen (secondary N) is 1. The molecular weight excluding hydrogens is 318 g/mol. The number of benzene rings is 1. The Labute approximate surface area is 148 Å². The van der Waals surface area contributed by atoms with Gasteiger partial charge in [-0.25, -0.2) is 0 Å². The van der Waals surface area contributed by atoms with Crippen LogP contribution in [0.2, 0.25) is 0 Å². The predicted octanol–water partition coefficient (Wildman–Crippen LogP) is 1.83. The van der Waals surface area contributed by atoms with Crippen molar-refractivity contribution in [3.05, 3.63) is 47.1 Å². The summed E-state index contributed by atoms with van der Waals surface area (Å²) in [5, 5.41) is 6.24. The minimum atomic E-state index is -0.329. The fourth-order valence-electron chi connectivity index (χ4n) is 3.30. The fourth-order valence-corrected chi connectivity index (χ4v) is 3.30. The average molecular weight is 343 g/mol. The first-order chi connectivity index (χ1) is 12.1. The van der Waals surface area contributed by atoms with Gasteiger partial charge in [0, 0.05) is 19.6 Å². The van der Waals surface area contributed by atoms with Gasteiger partial charge in [0.05, 0.1) is 6.54 Å². The Hall–Kier alpha value is -2.25. The molecule has 2 aromatic rings. The van der Waals surface area contributed by atoms with Gasteiger partial charge < -0.3 is 14.7 Å². The maximum absolute atomic E-state index is 11.5. The maximum atomic E-state index is 11.5. The maximum Gasteiger partial charge on any atom is 0.292 e. The number of carbonyl (C=O) groups excluding carboxylic acids is 1. The van der Waals surface area contributed by atoms with E-state index in [1.165, 1.54) is 11.1 Å². The van der Waals surface area contributed by atoms with E-state index in [-0.39, 0.29) is 11.7 Å². The Balaban J connectivity index is 1.68. The molecule has 0 saturated carbocycles. The van der Waals surface area contributed by atoms with E-state index in [9.17, 15) is 4.79 Å². The van der Waals surface area contributed by atoms with Crippen molar-refractivity contribution in [2.24, 2.45) is 0 Å². The minimum absolute atomic E-state index is 0.0845. The van der Waals surface area contributed by atoms with Crippen LogP contribution in [0.1, 0.15) is 46.5 Å². The van der Waals surface area contributed by atoms with Crippen molar-refractivity contribution in [3.8, 4) is 0 Å². The summed E-state index contributed by atoms with van der Waals surface area (Å²) < 4.78 is 5.23. The Morgan fingerprint density at radius 3 is 2.80 bits per heavy atom. The number of amides is 1. The van der Waals surface area contributed by atoms with Crippen LogP contribution in [0.3, 0.4) is 0 Å². The first-order valence-corrected chi connectivity index (χ1v) is 8.59. The Bertz CT molecular complexity index is 711. The molecule has 1 aliphatic rings. The molecule has 1 saturated heterocycles. The van der Waals surface area contributed by atoms with Crippen LogP contribution in [-0.2, 0) is 13.1 Å². The molecule has 7 nitrogen and oxygen atoms in total. The largest absolute Gasteiger partial charge is 0.352 e. The SMILES string of the molecule is CNC(=O)c1noc(CN2CCCC2c2ccc(CN(C)C)cc2)n1. The standard InChI is InChI=1S/C18H25N5O2/c1-19-18(24)17-20-16(25-21-17)12-23-10-4-5-15(23)14-8-6-13(7-9-14)11-22(2)3/h6-9,15H,4-5,10-12H2,1-3H3,(H,19,24). The van der Waals surface area contributed by atoms with E-state index < -0.39 is 0 Å². The Kier molecular flexibility index (Phi) is 5.45. The molecule has 2 heterocycles. The molecule has 1 unspecified atom stereocenters. The highest BCUT2D eigenvalue weighted by Crippen LogP contribution is 2.33. The lowest BCUT2D eigenvalue weighted by atomic mass is 10.0. The van der Waals surface area contributed by atoms with E-state index in [4.69, 9.17) is 4.52 Å². The molecule has 0 spiro atoms. The van der Waals surface area contributed by atoms with Crippen LogP contribution in [0.5, 0.6) is 0 Å². The molecule has 3 rings (SSSR count). The third-order valence-electron chi connectivity index (χ3n) is 4.46. The Morgan fingerprint density at radius 2 is 2.12 bits per heavy atom. The first-order valence-electron chi connectivity index (χ1n) is 8.59. The van der Waals surface area contributed by atoms with Crippen LogP contribution in [0.15, 0.2) is 28.8 Å². The molecule has 1 fully saturated rings. The highest BCUT2D eigenvalue weighted by Gasteiger charge is 2.28. The second-order valence-corrected chi connectivity index (χ2v) is 6.70. The first kappa shape index (κ1) is 17.6. The van der Waals surface area contributed by atoms with Crippen molar-refractivity contribution in [1.29, 1.82) is 0 Å². The molecule has 1 atom stereocenters. The van der Waals surface area contributed by atoms with Crippen LogP contribution in [0.25, 0.3) is 0 Å². The molecule has 0 bridgehead atoms. The average Bonchev–Trinajstić information content (AvgIpc) is 3.24. The van der Waals surface area contributed by atoms with Crippen LogP contribution >= 0.6 is 0 Å². The minimum Gasteiger partial charge on any atom is -0.352 e.